The number of carbonyl (C=O) groups excluding carboxylic acids is 3. The molecular formula is C17H26N2O9. The minimum absolute atomic E-state index is 0.0509. The second kappa shape index (κ2) is 6.63. The van der Waals surface area contributed by atoms with Crippen LogP contribution in [0.15, 0.2) is 0 Å². The van der Waals surface area contributed by atoms with Crippen molar-refractivity contribution in [3.8, 4) is 0 Å². The van der Waals surface area contributed by atoms with Crippen LogP contribution in [0.2, 0.25) is 0 Å². The summed E-state index contributed by atoms with van der Waals surface area (Å²) in [7, 11) is 1.18. The van der Waals surface area contributed by atoms with Crippen LogP contribution in [0, 0.1) is 5.92 Å². The molecule has 4 saturated heterocycles. The van der Waals surface area contributed by atoms with Gasteiger partial charge in [-0.3, -0.25) is 14.4 Å². The molecule has 0 spiro atoms. The van der Waals surface area contributed by atoms with Gasteiger partial charge in [0.15, 0.2) is 5.79 Å². The minimum Gasteiger partial charge on any atom is -0.469 e. The highest BCUT2D eigenvalue weighted by Crippen LogP contribution is 2.40. The zero-order valence-electron chi connectivity index (χ0n) is 16.2. The summed E-state index contributed by atoms with van der Waals surface area (Å²) in [5.74, 6) is -4.58. The van der Waals surface area contributed by atoms with Crippen molar-refractivity contribution in [1.29, 1.82) is 0 Å². The van der Waals surface area contributed by atoms with Crippen LogP contribution < -0.4 is 10.6 Å². The van der Waals surface area contributed by atoms with Crippen LogP contribution in [0.5, 0.6) is 0 Å². The van der Waals surface area contributed by atoms with Gasteiger partial charge >= 0.3 is 5.97 Å². The number of esters is 1. The quantitative estimate of drug-likeness (QED) is 0.396. The molecule has 4 rings (SSSR count). The SMILES string of the molecule is COC(=O)C[C@@H]1CCO[C@]2([C@@H](O)[C@]3(C)COC(C)(C)O3)NC(=O)[C@@]1(O)NC2=O. The van der Waals surface area contributed by atoms with Crippen molar-refractivity contribution in [2.75, 3.05) is 20.3 Å². The summed E-state index contributed by atoms with van der Waals surface area (Å²) in [6.07, 6.45) is -1.89. The van der Waals surface area contributed by atoms with Crippen molar-refractivity contribution in [3.05, 3.63) is 0 Å². The first kappa shape index (κ1) is 20.9. The molecule has 2 bridgehead atoms. The third-order valence-electron chi connectivity index (χ3n) is 5.46. The number of aliphatic hydroxyl groups excluding tert-OH is 1. The van der Waals surface area contributed by atoms with Gasteiger partial charge in [0.25, 0.3) is 17.5 Å². The molecule has 4 fully saturated rings. The number of piperazine rings is 1. The third-order valence-corrected chi connectivity index (χ3v) is 5.46. The van der Waals surface area contributed by atoms with Gasteiger partial charge in [-0.05, 0) is 27.2 Å². The molecule has 2 amide bonds. The van der Waals surface area contributed by atoms with Crippen molar-refractivity contribution in [2.45, 2.75) is 62.6 Å². The van der Waals surface area contributed by atoms with Gasteiger partial charge in [0.05, 0.1) is 26.7 Å². The summed E-state index contributed by atoms with van der Waals surface area (Å²) in [6, 6.07) is 0. The fraction of sp³-hybridized carbons (Fsp3) is 0.824. The molecule has 11 heteroatoms. The largest absolute Gasteiger partial charge is 0.469 e. The van der Waals surface area contributed by atoms with E-state index in [4.69, 9.17) is 14.2 Å². The summed E-state index contributed by atoms with van der Waals surface area (Å²) < 4.78 is 21.5. The Hall–Kier alpha value is -1.79. The number of hydrogen-bond acceptors (Lipinski definition) is 9. The first-order chi connectivity index (χ1) is 12.9. The molecule has 4 aliphatic rings. The van der Waals surface area contributed by atoms with E-state index in [-0.39, 0.29) is 26.1 Å². The summed E-state index contributed by atoms with van der Waals surface area (Å²) in [5, 5.41) is 26.4. The second-order valence-electron chi connectivity index (χ2n) is 8.03. The standard InChI is InChI=1S/C17H26N2O9/c1-14(2)27-8-15(3,28-14)11(21)17-13(23)18-16(24,12(22)19-17)9(5-6-26-17)7-10(20)25-4/h9,11,21,24H,5-8H2,1-4H3,(H,18,23)(H,19,22)/t9-,11-,15-,16+,17-/m0/s1. The van der Waals surface area contributed by atoms with Crippen LogP contribution in [0.25, 0.3) is 0 Å². The number of methoxy groups -OCH3 is 1. The molecule has 11 nitrogen and oxygen atoms in total. The fourth-order valence-corrected chi connectivity index (χ4v) is 3.91. The minimum atomic E-state index is -2.34. The third kappa shape index (κ3) is 3.16. The molecule has 5 atom stereocenters. The van der Waals surface area contributed by atoms with Crippen LogP contribution in [-0.2, 0) is 33.3 Å². The molecule has 4 heterocycles. The van der Waals surface area contributed by atoms with Crippen molar-refractivity contribution < 1.29 is 43.5 Å². The smallest absolute Gasteiger partial charge is 0.305 e. The molecule has 0 aromatic heterocycles. The summed E-state index contributed by atoms with van der Waals surface area (Å²) in [5.41, 5.74) is -5.89. The normalized spacial score (nSPS) is 40.9. The fourth-order valence-electron chi connectivity index (χ4n) is 3.91. The predicted octanol–water partition coefficient (Wildman–Crippen LogP) is -1.88. The van der Waals surface area contributed by atoms with E-state index >= 15 is 0 Å². The molecule has 4 N–H and O–H groups in total. The average Bonchev–Trinajstić information content (AvgIpc) is 2.90. The Bertz CT molecular complexity index is 698. The number of nitrogens with one attached hydrogen (secondary N) is 2. The van der Waals surface area contributed by atoms with E-state index in [0.717, 1.165) is 0 Å². The van der Waals surface area contributed by atoms with E-state index in [1.165, 1.54) is 14.0 Å². The molecule has 0 aliphatic carbocycles. The first-order valence-electron chi connectivity index (χ1n) is 8.99. The maximum atomic E-state index is 12.9. The Balaban J connectivity index is 1.91. The van der Waals surface area contributed by atoms with Crippen LogP contribution in [0.3, 0.4) is 0 Å². The maximum absolute atomic E-state index is 12.9. The lowest BCUT2D eigenvalue weighted by Crippen LogP contribution is -2.83. The lowest BCUT2D eigenvalue weighted by molar-refractivity contribution is -0.248. The molecule has 0 aromatic carbocycles. The van der Waals surface area contributed by atoms with Crippen LogP contribution in [0.4, 0.5) is 0 Å². The monoisotopic (exact) mass is 402 g/mol. The van der Waals surface area contributed by atoms with Crippen molar-refractivity contribution >= 4 is 17.8 Å². The number of fused-ring (bicyclic) bond motifs is 5. The van der Waals surface area contributed by atoms with E-state index in [0.29, 0.717) is 0 Å². The second-order valence-corrected chi connectivity index (χ2v) is 8.03. The molecular weight excluding hydrogens is 376 g/mol. The van der Waals surface area contributed by atoms with Crippen molar-refractivity contribution in [2.24, 2.45) is 5.92 Å². The highest BCUT2D eigenvalue weighted by atomic mass is 16.8. The Morgan fingerprint density at radius 1 is 1.25 bits per heavy atom. The molecule has 0 saturated carbocycles. The van der Waals surface area contributed by atoms with Crippen LogP contribution in [0.1, 0.15) is 33.6 Å². The van der Waals surface area contributed by atoms with Crippen LogP contribution in [-0.4, -0.2) is 77.3 Å². The highest BCUT2D eigenvalue weighted by Gasteiger charge is 2.66. The average molecular weight is 402 g/mol. The van der Waals surface area contributed by atoms with E-state index in [1.54, 1.807) is 13.8 Å². The van der Waals surface area contributed by atoms with Gasteiger partial charge in [0.2, 0.25) is 5.72 Å². The zero-order valence-corrected chi connectivity index (χ0v) is 16.2. The van der Waals surface area contributed by atoms with Gasteiger partial charge in [0.1, 0.15) is 11.7 Å². The molecule has 28 heavy (non-hydrogen) atoms. The van der Waals surface area contributed by atoms with E-state index in [2.05, 4.69) is 15.4 Å². The molecule has 0 unspecified atom stereocenters. The topological polar surface area (TPSA) is 153 Å². The molecule has 0 aromatic rings. The summed E-state index contributed by atoms with van der Waals surface area (Å²) in [6.45, 7) is 4.66. The number of ether oxygens (including phenoxy) is 4. The number of amides is 2. The van der Waals surface area contributed by atoms with Gasteiger partial charge < -0.3 is 39.8 Å². The Morgan fingerprint density at radius 2 is 1.93 bits per heavy atom. The maximum Gasteiger partial charge on any atom is 0.305 e. The summed E-state index contributed by atoms with van der Waals surface area (Å²) >= 11 is 0. The van der Waals surface area contributed by atoms with E-state index in [9.17, 15) is 24.6 Å². The van der Waals surface area contributed by atoms with E-state index < -0.39 is 52.6 Å². The molecule has 4 aliphatic heterocycles. The number of rotatable bonds is 4. The highest BCUT2D eigenvalue weighted by molar-refractivity contribution is 6.01. The zero-order chi connectivity index (χ0) is 21.0. The molecule has 0 radical (unpaired) electrons. The number of hydrogen-bond donors (Lipinski definition) is 4. The van der Waals surface area contributed by atoms with Gasteiger partial charge in [-0.15, -0.1) is 0 Å². The first-order valence-corrected chi connectivity index (χ1v) is 8.99. The van der Waals surface area contributed by atoms with Gasteiger partial charge in [0, 0.05) is 5.92 Å². The van der Waals surface area contributed by atoms with E-state index in [1.807, 2.05) is 0 Å². The van der Waals surface area contributed by atoms with Gasteiger partial charge in [-0.2, -0.15) is 0 Å². The lowest BCUT2D eigenvalue weighted by atomic mass is 9.81. The van der Waals surface area contributed by atoms with Crippen molar-refractivity contribution in [3.63, 3.8) is 0 Å². The predicted molar refractivity (Wildman–Crippen MR) is 90.2 cm³/mol. The summed E-state index contributed by atoms with van der Waals surface area (Å²) in [4.78, 5) is 37.3. The Labute approximate surface area is 161 Å². The number of aliphatic hydroxyl groups is 2. The Morgan fingerprint density at radius 3 is 2.50 bits per heavy atom. The molecule has 158 valence electrons. The Kier molecular flexibility index (Phi) is 4.96. The number of carbonyl (C=O) groups is 3. The van der Waals surface area contributed by atoms with Gasteiger partial charge in [-0.1, -0.05) is 0 Å². The van der Waals surface area contributed by atoms with Gasteiger partial charge in [-0.25, -0.2) is 0 Å². The lowest BCUT2D eigenvalue weighted by Gasteiger charge is -2.51. The van der Waals surface area contributed by atoms with Crippen LogP contribution >= 0.6 is 0 Å². The van der Waals surface area contributed by atoms with Crippen molar-refractivity contribution in [1.82, 2.24) is 10.6 Å².